The number of benzene rings is 2. The Hall–Kier alpha value is -2.57. The monoisotopic (exact) mass is 454 g/mol. The van der Waals surface area contributed by atoms with Crippen LogP contribution in [0.25, 0.3) is 0 Å². The van der Waals surface area contributed by atoms with E-state index < -0.39 is 0 Å². The third kappa shape index (κ3) is 6.95. The first-order valence-electron chi connectivity index (χ1n) is 12.0. The van der Waals surface area contributed by atoms with Crippen LogP contribution in [0.5, 0.6) is 11.5 Å². The molecular formula is C27H38N2O4. The Kier molecular flexibility index (Phi) is 9.58. The number of ether oxygens (including phenoxy) is 3. The first-order chi connectivity index (χ1) is 16.0. The molecule has 1 heterocycles. The van der Waals surface area contributed by atoms with Crippen molar-refractivity contribution in [1.29, 1.82) is 0 Å². The molecule has 2 atom stereocenters. The maximum Gasteiger partial charge on any atom is 0.254 e. The van der Waals surface area contributed by atoms with Crippen LogP contribution in [0.2, 0.25) is 0 Å². The molecule has 0 spiro atoms. The van der Waals surface area contributed by atoms with Gasteiger partial charge >= 0.3 is 0 Å². The number of carbonyl (C=O) groups is 1. The van der Waals surface area contributed by atoms with Gasteiger partial charge in [-0.1, -0.05) is 30.3 Å². The molecule has 2 aromatic carbocycles. The highest BCUT2D eigenvalue weighted by atomic mass is 16.5. The van der Waals surface area contributed by atoms with Gasteiger partial charge in [-0.15, -0.1) is 0 Å². The summed E-state index contributed by atoms with van der Waals surface area (Å²) in [6.45, 7) is 10.3. The van der Waals surface area contributed by atoms with Crippen molar-refractivity contribution in [3.8, 4) is 11.5 Å². The lowest BCUT2D eigenvalue weighted by Gasteiger charge is -2.32. The van der Waals surface area contributed by atoms with Gasteiger partial charge in [0.25, 0.3) is 5.91 Å². The zero-order valence-corrected chi connectivity index (χ0v) is 20.4. The largest absolute Gasteiger partial charge is 0.493 e. The molecule has 2 aromatic rings. The molecule has 1 fully saturated rings. The fraction of sp³-hybridized carbons (Fsp3) is 0.519. The standard InChI is InChI=1S/C27H38N2O4/c1-5-32-13-14-33-26-16-22(11-12-25(26)31-4)27(30)29(20(2)3)19-24-18-28-17-23(24)15-21-9-7-6-8-10-21/h6-12,16,20,23-24,28H,5,13-15,17-19H2,1-4H3. The number of hydrogen-bond donors (Lipinski definition) is 1. The van der Waals surface area contributed by atoms with Gasteiger partial charge in [0.05, 0.1) is 13.7 Å². The van der Waals surface area contributed by atoms with Crippen LogP contribution in [0, 0.1) is 11.8 Å². The number of hydrogen-bond acceptors (Lipinski definition) is 5. The second kappa shape index (κ2) is 12.6. The van der Waals surface area contributed by atoms with Crippen LogP contribution in [0.3, 0.4) is 0 Å². The van der Waals surface area contributed by atoms with E-state index in [-0.39, 0.29) is 11.9 Å². The normalized spacial score (nSPS) is 17.8. The lowest BCUT2D eigenvalue weighted by Crippen LogP contribution is -2.42. The molecule has 1 N–H and O–H groups in total. The van der Waals surface area contributed by atoms with E-state index >= 15 is 0 Å². The third-order valence-corrected chi connectivity index (χ3v) is 6.24. The van der Waals surface area contributed by atoms with E-state index in [1.807, 2.05) is 17.9 Å². The first-order valence-corrected chi connectivity index (χ1v) is 12.0. The second-order valence-corrected chi connectivity index (χ2v) is 8.83. The van der Waals surface area contributed by atoms with Crippen LogP contribution in [0.1, 0.15) is 36.7 Å². The van der Waals surface area contributed by atoms with E-state index in [4.69, 9.17) is 14.2 Å². The number of amides is 1. The maximum absolute atomic E-state index is 13.6. The van der Waals surface area contributed by atoms with Gasteiger partial charge in [-0.05, 0) is 75.9 Å². The Balaban J connectivity index is 1.71. The van der Waals surface area contributed by atoms with Gasteiger partial charge in [0.2, 0.25) is 0 Å². The summed E-state index contributed by atoms with van der Waals surface area (Å²) in [5.41, 5.74) is 1.96. The van der Waals surface area contributed by atoms with Crippen molar-refractivity contribution in [2.45, 2.75) is 33.2 Å². The summed E-state index contributed by atoms with van der Waals surface area (Å²) in [5.74, 6) is 2.12. The molecule has 0 aliphatic carbocycles. The maximum atomic E-state index is 13.6. The molecule has 1 amide bonds. The molecular weight excluding hydrogens is 416 g/mol. The van der Waals surface area contributed by atoms with Gasteiger partial charge in [0.1, 0.15) is 6.61 Å². The predicted molar refractivity (Wildman–Crippen MR) is 131 cm³/mol. The molecule has 180 valence electrons. The fourth-order valence-corrected chi connectivity index (χ4v) is 4.38. The van der Waals surface area contributed by atoms with Crippen LogP contribution >= 0.6 is 0 Å². The summed E-state index contributed by atoms with van der Waals surface area (Å²) in [7, 11) is 1.60. The lowest BCUT2D eigenvalue weighted by atomic mass is 9.89. The zero-order valence-electron chi connectivity index (χ0n) is 20.4. The molecule has 0 bridgehead atoms. The minimum Gasteiger partial charge on any atom is -0.493 e. The molecule has 1 aliphatic rings. The van der Waals surface area contributed by atoms with Gasteiger partial charge in [-0.2, -0.15) is 0 Å². The van der Waals surface area contributed by atoms with Crippen molar-refractivity contribution in [1.82, 2.24) is 10.2 Å². The first kappa shape index (κ1) is 25.1. The summed E-state index contributed by atoms with van der Waals surface area (Å²) < 4.78 is 16.6. The van der Waals surface area contributed by atoms with Crippen molar-refractivity contribution >= 4 is 5.91 Å². The average molecular weight is 455 g/mol. The van der Waals surface area contributed by atoms with Gasteiger partial charge in [0, 0.05) is 24.8 Å². The molecule has 0 saturated carbocycles. The van der Waals surface area contributed by atoms with E-state index in [1.165, 1.54) is 5.56 Å². The molecule has 0 radical (unpaired) electrons. The third-order valence-electron chi connectivity index (χ3n) is 6.24. The fourth-order valence-electron chi connectivity index (χ4n) is 4.38. The Labute approximate surface area is 198 Å². The molecule has 3 rings (SSSR count). The highest BCUT2D eigenvalue weighted by molar-refractivity contribution is 5.95. The Bertz CT molecular complexity index is 872. The molecule has 33 heavy (non-hydrogen) atoms. The van der Waals surface area contributed by atoms with E-state index in [9.17, 15) is 4.79 Å². The number of nitrogens with one attached hydrogen (secondary N) is 1. The van der Waals surface area contributed by atoms with Crippen molar-refractivity contribution in [2.24, 2.45) is 11.8 Å². The van der Waals surface area contributed by atoms with Gasteiger partial charge in [-0.25, -0.2) is 0 Å². The highest BCUT2D eigenvalue weighted by Gasteiger charge is 2.31. The zero-order chi connectivity index (χ0) is 23.6. The van der Waals surface area contributed by atoms with E-state index in [1.54, 1.807) is 19.2 Å². The molecule has 6 nitrogen and oxygen atoms in total. The van der Waals surface area contributed by atoms with Gasteiger partial charge < -0.3 is 24.4 Å². The van der Waals surface area contributed by atoms with Gasteiger partial charge in [0.15, 0.2) is 11.5 Å². The van der Waals surface area contributed by atoms with E-state index in [0.29, 0.717) is 48.7 Å². The smallest absolute Gasteiger partial charge is 0.254 e. The number of nitrogens with zero attached hydrogens (tertiary/aromatic N) is 1. The molecule has 2 unspecified atom stereocenters. The molecule has 6 heteroatoms. The average Bonchev–Trinajstić information content (AvgIpc) is 3.26. The summed E-state index contributed by atoms with van der Waals surface area (Å²) in [4.78, 5) is 15.5. The highest BCUT2D eigenvalue weighted by Crippen LogP contribution is 2.30. The summed E-state index contributed by atoms with van der Waals surface area (Å²) in [6, 6.07) is 16.1. The summed E-state index contributed by atoms with van der Waals surface area (Å²) >= 11 is 0. The lowest BCUT2D eigenvalue weighted by molar-refractivity contribution is 0.0661. The van der Waals surface area contributed by atoms with Crippen LogP contribution in [0.15, 0.2) is 48.5 Å². The van der Waals surface area contributed by atoms with Crippen LogP contribution in [0.4, 0.5) is 0 Å². The predicted octanol–water partition coefficient (Wildman–Crippen LogP) is 4.04. The number of carbonyl (C=O) groups excluding carboxylic acids is 1. The molecule has 1 aliphatic heterocycles. The van der Waals surface area contributed by atoms with Crippen molar-refractivity contribution in [2.75, 3.05) is 46.6 Å². The summed E-state index contributed by atoms with van der Waals surface area (Å²) in [6.07, 6.45) is 1.03. The Morgan fingerprint density at radius 1 is 1.06 bits per heavy atom. The number of methoxy groups -OCH3 is 1. The summed E-state index contributed by atoms with van der Waals surface area (Å²) in [5, 5.41) is 3.54. The van der Waals surface area contributed by atoms with Crippen molar-refractivity contribution < 1.29 is 19.0 Å². The van der Waals surface area contributed by atoms with Crippen molar-refractivity contribution in [3.63, 3.8) is 0 Å². The second-order valence-electron chi connectivity index (χ2n) is 8.83. The Morgan fingerprint density at radius 3 is 2.52 bits per heavy atom. The van der Waals surface area contributed by atoms with E-state index in [0.717, 1.165) is 26.1 Å². The quantitative estimate of drug-likeness (QED) is 0.491. The van der Waals surface area contributed by atoms with Crippen molar-refractivity contribution in [3.05, 3.63) is 59.7 Å². The SMILES string of the molecule is CCOCCOc1cc(C(=O)N(CC2CNCC2Cc2ccccc2)C(C)C)ccc1OC. The van der Waals surface area contributed by atoms with Gasteiger partial charge in [-0.3, -0.25) is 4.79 Å². The Morgan fingerprint density at radius 2 is 1.82 bits per heavy atom. The topological polar surface area (TPSA) is 60.0 Å². The van der Waals surface area contributed by atoms with Crippen LogP contribution < -0.4 is 14.8 Å². The van der Waals surface area contributed by atoms with Crippen LogP contribution in [-0.4, -0.2) is 63.4 Å². The van der Waals surface area contributed by atoms with E-state index in [2.05, 4.69) is 49.5 Å². The van der Waals surface area contributed by atoms with Crippen LogP contribution in [-0.2, 0) is 11.2 Å². The number of rotatable bonds is 12. The minimum absolute atomic E-state index is 0.0210. The minimum atomic E-state index is 0.0210. The molecule has 0 aromatic heterocycles. The molecule has 1 saturated heterocycles.